The van der Waals surface area contributed by atoms with E-state index in [-0.39, 0.29) is 0 Å². The Balaban J connectivity index is 1.82. The molecule has 2 heteroatoms. The number of hydrogen-bond acceptors (Lipinski definition) is 2. The predicted molar refractivity (Wildman–Crippen MR) is 62.3 cm³/mol. The van der Waals surface area contributed by atoms with Crippen molar-refractivity contribution < 1.29 is 0 Å². The average Bonchev–Trinajstić information content (AvgIpc) is 2.77. The van der Waals surface area contributed by atoms with Gasteiger partial charge in [-0.25, -0.2) is 0 Å². The molecule has 1 aromatic rings. The van der Waals surface area contributed by atoms with Crippen molar-refractivity contribution >= 4 is 6.21 Å². The molecule has 2 aliphatic heterocycles. The predicted octanol–water partition coefficient (Wildman–Crippen LogP) is 2.28. The van der Waals surface area contributed by atoms with Crippen LogP contribution in [0.1, 0.15) is 24.4 Å². The standard InChI is InChI=1S/C13H16N2/c1-2-5-11(6-3-1)13-10-15-8-4-7-12(15)9-14-13/h1-3,5-6,9,12-13H,4,7-8,10H2. The summed E-state index contributed by atoms with van der Waals surface area (Å²) in [6.07, 6.45) is 4.79. The van der Waals surface area contributed by atoms with Gasteiger partial charge >= 0.3 is 0 Å². The van der Waals surface area contributed by atoms with Gasteiger partial charge in [0.25, 0.3) is 0 Å². The molecule has 2 aliphatic rings. The number of benzene rings is 1. The van der Waals surface area contributed by atoms with Gasteiger partial charge in [0.1, 0.15) is 0 Å². The molecule has 1 fully saturated rings. The highest BCUT2D eigenvalue weighted by Crippen LogP contribution is 2.27. The second kappa shape index (κ2) is 3.78. The topological polar surface area (TPSA) is 15.6 Å². The third-order valence-electron chi connectivity index (χ3n) is 3.44. The van der Waals surface area contributed by atoms with Crippen molar-refractivity contribution in [1.82, 2.24) is 4.90 Å². The second-order valence-electron chi connectivity index (χ2n) is 4.43. The van der Waals surface area contributed by atoms with Crippen LogP contribution in [0, 0.1) is 0 Å². The number of hydrogen-bond donors (Lipinski definition) is 0. The fraction of sp³-hybridized carbons (Fsp3) is 0.462. The molecular weight excluding hydrogens is 184 g/mol. The summed E-state index contributed by atoms with van der Waals surface area (Å²) in [6.45, 7) is 2.35. The summed E-state index contributed by atoms with van der Waals surface area (Å²) in [4.78, 5) is 7.24. The van der Waals surface area contributed by atoms with E-state index < -0.39 is 0 Å². The Labute approximate surface area is 90.6 Å². The van der Waals surface area contributed by atoms with Crippen molar-refractivity contribution in [2.45, 2.75) is 24.9 Å². The third kappa shape index (κ3) is 1.70. The van der Waals surface area contributed by atoms with E-state index in [2.05, 4.69) is 46.4 Å². The van der Waals surface area contributed by atoms with E-state index >= 15 is 0 Å². The van der Waals surface area contributed by atoms with E-state index in [9.17, 15) is 0 Å². The van der Waals surface area contributed by atoms with Gasteiger partial charge in [0.15, 0.2) is 0 Å². The van der Waals surface area contributed by atoms with Gasteiger partial charge in [-0.1, -0.05) is 30.3 Å². The van der Waals surface area contributed by atoms with Crippen LogP contribution in [0.5, 0.6) is 0 Å². The minimum absolute atomic E-state index is 0.362. The van der Waals surface area contributed by atoms with Crippen molar-refractivity contribution in [3.05, 3.63) is 35.9 Å². The van der Waals surface area contributed by atoms with Crippen LogP contribution in [-0.2, 0) is 0 Å². The fourth-order valence-electron chi connectivity index (χ4n) is 2.59. The highest BCUT2D eigenvalue weighted by atomic mass is 15.2. The van der Waals surface area contributed by atoms with Gasteiger partial charge in [-0.3, -0.25) is 9.89 Å². The van der Waals surface area contributed by atoms with E-state index in [4.69, 9.17) is 0 Å². The maximum absolute atomic E-state index is 4.68. The first kappa shape index (κ1) is 9.10. The van der Waals surface area contributed by atoms with Crippen LogP contribution in [0.15, 0.2) is 35.3 Å². The van der Waals surface area contributed by atoms with Crippen molar-refractivity contribution in [2.75, 3.05) is 13.1 Å². The smallest absolute Gasteiger partial charge is 0.0872 e. The first-order valence-corrected chi connectivity index (χ1v) is 5.76. The van der Waals surface area contributed by atoms with Gasteiger partial charge in [-0.05, 0) is 24.9 Å². The molecule has 2 heterocycles. The molecule has 1 aromatic carbocycles. The molecule has 0 N–H and O–H groups in total. The van der Waals surface area contributed by atoms with Crippen molar-refractivity contribution in [3.8, 4) is 0 Å². The molecular formula is C13H16N2. The second-order valence-corrected chi connectivity index (χ2v) is 4.43. The molecule has 2 unspecified atom stereocenters. The minimum atomic E-state index is 0.362. The zero-order chi connectivity index (χ0) is 10.1. The van der Waals surface area contributed by atoms with Crippen LogP contribution in [0.3, 0.4) is 0 Å². The molecule has 78 valence electrons. The van der Waals surface area contributed by atoms with Gasteiger partial charge in [0.05, 0.1) is 6.04 Å². The highest BCUT2D eigenvalue weighted by Gasteiger charge is 2.29. The lowest BCUT2D eigenvalue weighted by molar-refractivity contribution is 0.272. The summed E-state index contributed by atoms with van der Waals surface area (Å²) < 4.78 is 0. The lowest BCUT2D eigenvalue weighted by Crippen LogP contribution is -2.37. The fourth-order valence-corrected chi connectivity index (χ4v) is 2.59. The van der Waals surface area contributed by atoms with Crippen molar-refractivity contribution in [3.63, 3.8) is 0 Å². The lowest BCUT2D eigenvalue weighted by Gasteiger charge is -2.29. The molecule has 1 saturated heterocycles. The van der Waals surface area contributed by atoms with Gasteiger partial charge < -0.3 is 0 Å². The number of nitrogens with zero attached hydrogens (tertiary/aromatic N) is 2. The zero-order valence-corrected chi connectivity index (χ0v) is 8.84. The van der Waals surface area contributed by atoms with Gasteiger partial charge in [-0.2, -0.15) is 0 Å². The summed E-state index contributed by atoms with van der Waals surface area (Å²) in [5.41, 5.74) is 1.35. The third-order valence-corrected chi connectivity index (χ3v) is 3.44. The SMILES string of the molecule is C1=NC(c2ccccc2)CN2CCCC12. The molecule has 0 saturated carbocycles. The molecule has 0 spiro atoms. The van der Waals surface area contributed by atoms with Crippen LogP contribution in [-0.4, -0.2) is 30.2 Å². The summed E-state index contributed by atoms with van der Waals surface area (Å²) in [6, 6.07) is 11.6. The van der Waals surface area contributed by atoms with Gasteiger partial charge in [-0.15, -0.1) is 0 Å². The van der Waals surface area contributed by atoms with Crippen molar-refractivity contribution in [1.29, 1.82) is 0 Å². The maximum atomic E-state index is 4.68. The average molecular weight is 200 g/mol. The molecule has 0 radical (unpaired) electrons. The maximum Gasteiger partial charge on any atom is 0.0872 e. The quantitative estimate of drug-likeness (QED) is 0.679. The van der Waals surface area contributed by atoms with E-state index in [1.54, 1.807) is 0 Å². The van der Waals surface area contributed by atoms with E-state index in [0.717, 1.165) is 6.54 Å². The molecule has 0 aliphatic carbocycles. The largest absolute Gasteiger partial charge is 0.293 e. The van der Waals surface area contributed by atoms with E-state index in [1.807, 2.05) is 0 Å². The number of fused-ring (bicyclic) bond motifs is 1. The van der Waals surface area contributed by atoms with Gasteiger partial charge in [0.2, 0.25) is 0 Å². The molecule has 2 nitrogen and oxygen atoms in total. The Hall–Kier alpha value is -1.15. The van der Waals surface area contributed by atoms with Gasteiger partial charge in [0, 0.05) is 18.8 Å². The molecule has 0 amide bonds. The Morgan fingerprint density at radius 2 is 2.07 bits per heavy atom. The molecule has 0 aromatic heterocycles. The molecule has 15 heavy (non-hydrogen) atoms. The van der Waals surface area contributed by atoms with Crippen molar-refractivity contribution in [2.24, 2.45) is 4.99 Å². The first-order valence-electron chi connectivity index (χ1n) is 5.76. The highest BCUT2D eigenvalue weighted by molar-refractivity contribution is 5.66. The zero-order valence-electron chi connectivity index (χ0n) is 8.84. The summed E-state index contributed by atoms with van der Waals surface area (Å²) >= 11 is 0. The summed E-state index contributed by atoms with van der Waals surface area (Å²) in [5, 5.41) is 0. The monoisotopic (exact) mass is 200 g/mol. The van der Waals surface area contributed by atoms with Crippen LogP contribution in [0.4, 0.5) is 0 Å². The van der Waals surface area contributed by atoms with Crippen LogP contribution >= 0.6 is 0 Å². The number of rotatable bonds is 1. The molecule has 2 atom stereocenters. The van der Waals surface area contributed by atoms with E-state index in [1.165, 1.54) is 24.9 Å². The Morgan fingerprint density at radius 3 is 2.93 bits per heavy atom. The van der Waals surface area contributed by atoms with Crippen LogP contribution in [0.25, 0.3) is 0 Å². The Morgan fingerprint density at radius 1 is 1.20 bits per heavy atom. The van der Waals surface area contributed by atoms with Crippen LogP contribution < -0.4 is 0 Å². The Bertz CT molecular complexity index is 358. The first-order chi connectivity index (χ1) is 7.43. The van der Waals surface area contributed by atoms with Crippen LogP contribution in [0.2, 0.25) is 0 Å². The Kier molecular flexibility index (Phi) is 2.29. The van der Waals surface area contributed by atoms with E-state index in [0.29, 0.717) is 12.1 Å². The minimum Gasteiger partial charge on any atom is -0.293 e. The number of aliphatic imine (C=N–C) groups is 1. The summed E-state index contributed by atoms with van der Waals surface area (Å²) in [5.74, 6) is 0. The summed E-state index contributed by atoms with van der Waals surface area (Å²) in [7, 11) is 0. The normalized spacial score (nSPS) is 30.4. The molecule has 3 rings (SSSR count). The lowest BCUT2D eigenvalue weighted by atomic mass is 10.0. The molecule has 0 bridgehead atoms.